The van der Waals surface area contributed by atoms with Gasteiger partial charge in [-0.05, 0) is 13.3 Å². The minimum atomic E-state index is 0.167. The highest BCUT2D eigenvalue weighted by molar-refractivity contribution is 5.78. The lowest BCUT2D eigenvalue weighted by Gasteiger charge is -2.15. The number of aromatic nitrogens is 2. The van der Waals surface area contributed by atoms with Gasteiger partial charge in [0.25, 0.3) is 0 Å². The second-order valence-corrected chi connectivity index (χ2v) is 4.38. The third-order valence-electron chi connectivity index (χ3n) is 2.98. The Bertz CT molecular complexity index is 374. The molecule has 5 heteroatoms. The fourth-order valence-electron chi connectivity index (χ4n) is 1.93. The molecule has 0 aromatic carbocycles. The van der Waals surface area contributed by atoms with Gasteiger partial charge in [0, 0.05) is 43.9 Å². The van der Waals surface area contributed by atoms with Crippen molar-refractivity contribution in [3.63, 3.8) is 0 Å². The summed E-state index contributed by atoms with van der Waals surface area (Å²) in [7, 11) is 1.91. The van der Waals surface area contributed by atoms with Crippen LogP contribution in [-0.4, -0.2) is 28.3 Å². The Hall–Kier alpha value is -1.36. The first-order valence-corrected chi connectivity index (χ1v) is 5.66. The maximum absolute atomic E-state index is 11.0. The maximum atomic E-state index is 11.0. The molecule has 88 valence electrons. The van der Waals surface area contributed by atoms with E-state index in [4.69, 9.17) is 0 Å². The van der Waals surface area contributed by atoms with Crippen molar-refractivity contribution < 1.29 is 4.79 Å². The largest absolute Gasteiger partial charge is 0.352 e. The summed E-state index contributed by atoms with van der Waals surface area (Å²) in [5.41, 5.74) is 1.17. The number of carbonyl (C=O) groups excluding carboxylic acids is 1. The van der Waals surface area contributed by atoms with Crippen molar-refractivity contribution in [1.82, 2.24) is 20.4 Å². The molecule has 1 aliphatic rings. The Labute approximate surface area is 95.2 Å². The smallest absolute Gasteiger partial charge is 0.220 e. The molecule has 0 bridgehead atoms. The summed E-state index contributed by atoms with van der Waals surface area (Å²) in [6.45, 7) is 2.93. The zero-order valence-corrected chi connectivity index (χ0v) is 9.73. The average Bonchev–Trinajstić information content (AvgIpc) is 2.84. The monoisotopic (exact) mass is 222 g/mol. The van der Waals surface area contributed by atoms with Gasteiger partial charge in [0.05, 0.1) is 6.20 Å². The summed E-state index contributed by atoms with van der Waals surface area (Å²) in [6.07, 6.45) is 5.47. The summed E-state index contributed by atoms with van der Waals surface area (Å²) in [5.74, 6) is 0.167. The fourth-order valence-corrected chi connectivity index (χ4v) is 1.93. The van der Waals surface area contributed by atoms with E-state index in [-0.39, 0.29) is 18.0 Å². The molecule has 2 unspecified atom stereocenters. The number of carbonyl (C=O) groups is 1. The van der Waals surface area contributed by atoms with Crippen LogP contribution in [0.25, 0.3) is 0 Å². The molecule has 2 atom stereocenters. The zero-order chi connectivity index (χ0) is 11.5. The van der Waals surface area contributed by atoms with Gasteiger partial charge < -0.3 is 10.6 Å². The molecule has 0 saturated carbocycles. The van der Waals surface area contributed by atoms with Crippen LogP contribution in [0.1, 0.15) is 31.4 Å². The lowest BCUT2D eigenvalue weighted by Crippen LogP contribution is -2.36. The predicted octanol–water partition coefficient (Wildman–Crippen LogP) is 0.349. The Morgan fingerprint density at radius 3 is 3.12 bits per heavy atom. The third kappa shape index (κ3) is 2.61. The molecular formula is C11H18N4O. The first kappa shape index (κ1) is 11.1. The van der Waals surface area contributed by atoms with Crippen molar-refractivity contribution in [3.05, 3.63) is 18.0 Å². The van der Waals surface area contributed by atoms with Gasteiger partial charge in [-0.15, -0.1) is 0 Å². The van der Waals surface area contributed by atoms with E-state index in [9.17, 15) is 4.79 Å². The van der Waals surface area contributed by atoms with Crippen molar-refractivity contribution in [2.75, 3.05) is 6.54 Å². The molecule has 1 aromatic heterocycles. The summed E-state index contributed by atoms with van der Waals surface area (Å²) >= 11 is 0. The highest BCUT2D eigenvalue weighted by Gasteiger charge is 2.20. The number of aryl methyl sites for hydroxylation is 1. The average molecular weight is 222 g/mol. The van der Waals surface area contributed by atoms with Crippen molar-refractivity contribution >= 4 is 5.91 Å². The number of hydrogen-bond donors (Lipinski definition) is 2. The van der Waals surface area contributed by atoms with E-state index in [0.29, 0.717) is 6.42 Å². The Morgan fingerprint density at radius 1 is 1.75 bits per heavy atom. The van der Waals surface area contributed by atoms with Crippen molar-refractivity contribution in [2.45, 2.75) is 31.8 Å². The molecule has 5 nitrogen and oxygen atoms in total. The van der Waals surface area contributed by atoms with E-state index in [1.807, 2.05) is 19.4 Å². The first-order chi connectivity index (χ1) is 7.65. The molecule has 2 rings (SSSR count). The highest BCUT2D eigenvalue weighted by atomic mass is 16.1. The van der Waals surface area contributed by atoms with Crippen molar-refractivity contribution in [1.29, 1.82) is 0 Å². The Morgan fingerprint density at radius 2 is 2.56 bits per heavy atom. The van der Waals surface area contributed by atoms with Crippen LogP contribution in [0.4, 0.5) is 0 Å². The third-order valence-corrected chi connectivity index (χ3v) is 2.98. The van der Waals surface area contributed by atoms with Crippen LogP contribution in [-0.2, 0) is 11.8 Å². The van der Waals surface area contributed by atoms with Crippen LogP contribution in [0.15, 0.2) is 12.4 Å². The standard InChI is InChI=1S/C11H18N4O/c1-8(9-5-13-15(2)7-9)12-6-10-3-4-11(16)14-10/h5,7-8,10,12H,3-4,6H2,1-2H3,(H,14,16). The topological polar surface area (TPSA) is 59.0 Å². The molecule has 1 aliphatic heterocycles. The maximum Gasteiger partial charge on any atom is 0.220 e. The molecule has 1 saturated heterocycles. The highest BCUT2D eigenvalue weighted by Crippen LogP contribution is 2.11. The van der Waals surface area contributed by atoms with E-state index < -0.39 is 0 Å². The predicted molar refractivity (Wildman–Crippen MR) is 60.8 cm³/mol. The molecule has 2 N–H and O–H groups in total. The molecule has 0 radical (unpaired) electrons. The van der Waals surface area contributed by atoms with Gasteiger partial charge in [-0.25, -0.2) is 0 Å². The minimum Gasteiger partial charge on any atom is -0.352 e. The summed E-state index contributed by atoms with van der Waals surface area (Å²) in [4.78, 5) is 11.0. The number of amides is 1. The van der Waals surface area contributed by atoms with Gasteiger partial charge in [-0.2, -0.15) is 5.10 Å². The normalized spacial score (nSPS) is 22.1. The van der Waals surface area contributed by atoms with Gasteiger partial charge >= 0.3 is 0 Å². The number of hydrogen-bond acceptors (Lipinski definition) is 3. The van der Waals surface area contributed by atoms with Gasteiger partial charge in [0.2, 0.25) is 5.91 Å². The molecule has 0 spiro atoms. The van der Waals surface area contributed by atoms with E-state index in [1.54, 1.807) is 4.68 Å². The SMILES string of the molecule is CC(NCC1CCC(=O)N1)c1cnn(C)c1. The van der Waals surface area contributed by atoms with Gasteiger partial charge in [0.1, 0.15) is 0 Å². The molecule has 2 heterocycles. The molecule has 1 amide bonds. The van der Waals surface area contributed by atoms with Gasteiger partial charge in [-0.3, -0.25) is 9.48 Å². The number of rotatable bonds is 4. The molecule has 1 fully saturated rings. The molecular weight excluding hydrogens is 204 g/mol. The zero-order valence-electron chi connectivity index (χ0n) is 9.73. The summed E-state index contributed by atoms with van der Waals surface area (Å²) < 4.78 is 1.80. The van der Waals surface area contributed by atoms with E-state index >= 15 is 0 Å². The Balaban J connectivity index is 1.79. The van der Waals surface area contributed by atoms with E-state index in [1.165, 1.54) is 5.56 Å². The van der Waals surface area contributed by atoms with E-state index in [0.717, 1.165) is 13.0 Å². The van der Waals surface area contributed by atoms with Crippen LogP contribution < -0.4 is 10.6 Å². The number of nitrogens with zero attached hydrogens (tertiary/aromatic N) is 2. The quantitative estimate of drug-likeness (QED) is 0.773. The lowest BCUT2D eigenvalue weighted by atomic mass is 10.1. The fraction of sp³-hybridized carbons (Fsp3) is 0.636. The van der Waals surface area contributed by atoms with Gasteiger partial charge in [0.15, 0.2) is 0 Å². The number of nitrogens with one attached hydrogen (secondary N) is 2. The minimum absolute atomic E-state index is 0.167. The van der Waals surface area contributed by atoms with E-state index in [2.05, 4.69) is 22.7 Å². The first-order valence-electron chi connectivity index (χ1n) is 5.66. The van der Waals surface area contributed by atoms with Crippen LogP contribution >= 0.6 is 0 Å². The second kappa shape index (κ2) is 4.65. The van der Waals surface area contributed by atoms with Crippen LogP contribution in [0.5, 0.6) is 0 Å². The van der Waals surface area contributed by atoms with Crippen LogP contribution in [0, 0.1) is 0 Å². The Kier molecular flexibility index (Phi) is 3.24. The van der Waals surface area contributed by atoms with Crippen LogP contribution in [0.2, 0.25) is 0 Å². The van der Waals surface area contributed by atoms with Crippen molar-refractivity contribution in [2.24, 2.45) is 7.05 Å². The van der Waals surface area contributed by atoms with Gasteiger partial charge in [-0.1, -0.05) is 0 Å². The van der Waals surface area contributed by atoms with Crippen molar-refractivity contribution in [3.8, 4) is 0 Å². The van der Waals surface area contributed by atoms with Crippen LogP contribution in [0.3, 0.4) is 0 Å². The lowest BCUT2D eigenvalue weighted by molar-refractivity contribution is -0.119. The molecule has 16 heavy (non-hydrogen) atoms. The second-order valence-electron chi connectivity index (χ2n) is 4.38. The summed E-state index contributed by atoms with van der Waals surface area (Å²) in [6, 6.07) is 0.554. The molecule has 1 aromatic rings. The molecule has 0 aliphatic carbocycles. The summed E-state index contributed by atoms with van der Waals surface area (Å²) in [5, 5.41) is 10.5.